The molecule has 0 aliphatic rings. The predicted molar refractivity (Wildman–Crippen MR) is 64.2 cm³/mol. The number of aryl methyl sites for hydroxylation is 1. The summed E-state index contributed by atoms with van der Waals surface area (Å²) in [6.07, 6.45) is 4.42. The van der Waals surface area contributed by atoms with E-state index in [1.54, 1.807) is 7.11 Å². The van der Waals surface area contributed by atoms with Gasteiger partial charge in [-0.25, -0.2) is 0 Å². The molecule has 0 radical (unpaired) electrons. The van der Waals surface area contributed by atoms with Gasteiger partial charge < -0.3 is 10.5 Å². The number of rotatable bonds is 6. The summed E-state index contributed by atoms with van der Waals surface area (Å²) in [5.41, 5.74) is 7.20. The monoisotopic (exact) mass is 207 g/mol. The molecule has 15 heavy (non-hydrogen) atoms. The highest BCUT2D eigenvalue weighted by atomic mass is 16.5. The van der Waals surface area contributed by atoms with Gasteiger partial charge in [-0.05, 0) is 43.4 Å². The van der Waals surface area contributed by atoms with Crippen molar-refractivity contribution >= 4 is 0 Å². The number of nitrogens with two attached hydrogens (primary N) is 1. The summed E-state index contributed by atoms with van der Waals surface area (Å²) in [4.78, 5) is 0. The number of hydrogen-bond donors (Lipinski definition) is 1. The predicted octanol–water partition coefficient (Wildman–Crippen LogP) is 2.76. The molecule has 0 saturated carbocycles. The average Bonchev–Trinajstić information content (AvgIpc) is 2.29. The number of ether oxygens (including phenoxy) is 1. The SMILES string of the molecule is CCC(N)CCCc1cccc(OC)c1. The summed E-state index contributed by atoms with van der Waals surface area (Å²) in [5.74, 6) is 0.937. The molecule has 1 rings (SSSR count). The minimum absolute atomic E-state index is 0.357. The van der Waals surface area contributed by atoms with Gasteiger partial charge in [-0.3, -0.25) is 0 Å². The minimum Gasteiger partial charge on any atom is -0.497 e. The number of hydrogen-bond acceptors (Lipinski definition) is 2. The Bertz CT molecular complexity index is 286. The van der Waals surface area contributed by atoms with Crippen LogP contribution in [0.25, 0.3) is 0 Å². The van der Waals surface area contributed by atoms with Crippen molar-refractivity contribution in [2.45, 2.75) is 38.6 Å². The van der Waals surface area contributed by atoms with Crippen molar-refractivity contribution in [2.75, 3.05) is 7.11 Å². The topological polar surface area (TPSA) is 35.2 Å². The van der Waals surface area contributed by atoms with Crippen LogP contribution in [0, 0.1) is 0 Å². The molecular weight excluding hydrogens is 186 g/mol. The molecule has 0 spiro atoms. The molecule has 84 valence electrons. The van der Waals surface area contributed by atoms with Crippen LogP contribution >= 0.6 is 0 Å². The van der Waals surface area contributed by atoms with Crippen LogP contribution in [0.3, 0.4) is 0 Å². The van der Waals surface area contributed by atoms with E-state index in [0.29, 0.717) is 6.04 Å². The van der Waals surface area contributed by atoms with Gasteiger partial charge in [0.15, 0.2) is 0 Å². The molecule has 2 heteroatoms. The van der Waals surface area contributed by atoms with Crippen molar-refractivity contribution < 1.29 is 4.74 Å². The minimum atomic E-state index is 0.357. The lowest BCUT2D eigenvalue weighted by Crippen LogP contribution is -2.18. The maximum Gasteiger partial charge on any atom is 0.119 e. The molecule has 0 fully saturated rings. The second kappa shape index (κ2) is 6.46. The highest BCUT2D eigenvalue weighted by molar-refractivity contribution is 5.28. The van der Waals surface area contributed by atoms with E-state index in [-0.39, 0.29) is 0 Å². The van der Waals surface area contributed by atoms with E-state index >= 15 is 0 Å². The van der Waals surface area contributed by atoms with Crippen LogP contribution < -0.4 is 10.5 Å². The molecule has 0 aromatic heterocycles. The molecule has 0 amide bonds. The fourth-order valence-corrected chi connectivity index (χ4v) is 1.60. The standard InChI is InChI=1S/C13H21NO/c1-3-12(14)8-4-6-11-7-5-9-13(10-11)15-2/h5,7,9-10,12H,3-4,6,8,14H2,1-2H3. The zero-order valence-electron chi connectivity index (χ0n) is 9.70. The first-order chi connectivity index (χ1) is 7.26. The number of methoxy groups -OCH3 is 1. The molecule has 0 saturated heterocycles. The Morgan fingerprint density at radius 2 is 2.20 bits per heavy atom. The Kier molecular flexibility index (Phi) is 5.19. The fraction of sp³-hybridized carbons (Fsp3) is 0.538. The summed E-state index contributed by atoms with van der Waals surface area (Å²) < 4.78 is 5.18. The van der Waals surface area contributed by atoms with Gasteiger partial charge in [-0.15, -0.1) is 0 Å². The third-order valence-corrected chi connectivity index (χ3v) is 2.70. The van der Waals surface area contributed by atoms with Gasteiger partial charge in [0.05, 0.1) is 7.11 Å². The van der Waals surface area contributed by atoms with Crippen molar-refractivity contribution in [1.29, 1.82) is 0 Å². The first-order valence-corrected chi connectivity index (χ1v) is 5.64. The third-order valence-electron chi connectivity index (χ3n) is 2.70. The molecular formula is C13H21NO. The molecule has 0 aliphatic heterocycles. The van der Waals surface area contributed by atoms with Crippen LogP contribution in [0.15, 0.2) is 24.3 Å². The van der Waals surface area contributed by atoms with Gasteiger partial charge >= 0.3 is 0 Å². The van der Waals surface area contributed by atoms with E-state index in [1.165, 1.54) is 5.56 Å². The van der Waals surface area contributed by atoms with Gasteiger partial charge in [0.1, 0.15) is 5.75 Å². The van der Waals surface area contributed by atoms with E-state index < -0.39 is 0 Å². The Labute approximate surface area is 92.4 Å². The highest BCUT2D eigenvalue weighted by Crippen LogP contribution is 2.14. The first kappa shape index (κ1) is 12.1. The lowest BCUT2D eigenvalue weighted by atomic mass is 10.0. The molecule has 1 unspecified atom stereocenters. The summed E-state index contributed by atoms with van der Waals surface area (Å²) >= 11 is 0. The van der Waals surface area contributed by atoms with Crippen LogP contribution in [-0.2, 0) is 6.42 Å². The van der Waals surface area contributed by atoms with Gasteiger partial charge in [-0.2, -0.15) is 0 Å². The lowest BCUT2D eigenvalue weighted by Gasteiger charge is -2.08. The molecule has 1 atom stereocenters. The van der Waals surface area contributed by atoms with Crippen molar-refractivity contribution in [3.63, 3.8) is 0 Å². The lowest BCUT2D eigenvalue weighted by molar-refractivity contribution is 0.414. The molecule has 2 nitrogen and oxygen atoms in total. The number of benzene rings is 1. The van der Waals surface area contributed by atoms with Gasteiger partial charge in [-0.1, -0.05) is 19.1 Å². The molecule has 1 aromatic rings. The smallest absolute Gasteiger partial charge is 0.119 e. The second-order valence-electron chi connectivity index (χ2n) is 3.91. The second-order valence-corrected chi connectivity index (χ2v) is 3.91. The quantitative estimate of drug-likeness (QED) is 0.778. The van der Waals surface area contributed by atoms with Gasteiger partial charge in [0.25, 0.3) is 0 Å². The van der Waals surface area contributed by atoms with E-state index in [1.807, 2.05) is 12.1 Å². The zero-order chi connectivity index (χ0) is 11.1. The Balaban J connectivity index is 2.37. The van der Waals surface area contributed by atoms with Crippen LogP contribution in [-0.4, -0.2) is 13.2 Å². The average molecular weight is 207 g/mol. The highest BCUT2D eigenvalue weighted by Gasteiger charge is 2.00. The summed E-state index contributed by atoms with van der Waals surface area (Å²) in [7, 11) is 1.70. The summed E-state index contributed by atoms with van der Waals surface area (Å²) in [6.45, 7) is 2.14. The first-order valence-electron chi connectivity index (χ1n) is 5.64. The zero-order valence-corrected chi connectivity index (χ0v) is 9.70. The van der Waals surface area contributed by atoms with E-state index in [4.69, 9.17) is 10.5 Å². The van der Waals surface area contributed by atoms with Crippen molar-refractivity contribution in [2.24, 2.45) is 5.73 Å². The van der Waals surface area contributed by atoms with Gasteiger partial charge in [0.2, 0.25) is 0 Å². The largest absolute Gasteiger partial charge is 0.497 e. The van der Waals surface area contributed by atoms with Crippen molar-refractivity contribution in [3.8, 4) is 5.75 Å². The van der Waals surface area contributed by atoms with Crippen LogP contribution in [0.2, 0.25) is 0 Å². The van der Waals surface area contributed by atoms with Gasteiger partial charge in [0, 0.05) is 6.04 Å². The molecule has 0 bridgehead atoms. The van der Waals surface area contributed by atoms with Crippen LogP contribution in [0.4, 0.5) is 0 Å². The van der Waals surface area contributed by atoms with Crippen molar-refractivity contribution in [1.82, 2.24) is 0 Å². The fourth-order valence-electron chi connectivity index (χ4n) is 1.60. The van der Waals surface area contributed by atoms with Crippen LogP contribution in [0.5, 0.6) is 5.75 Å². The maximum absolute atomic E-state index is 5.87. The van der Waals surface area contributed by atoms with E-state index in [9.17, 15) is 0 Å². The molecule has 0 heterocycles. The Morgan fingerprint density at radius 3 is 2.87 bits per heavy atom. The van der Waals surface area contributed by atoms with E-state index in [0.717, 1.165) is 31.4 Å². The molecule has 1 aromatic carbocycles. The Hall–Kier alpha value is -1.02. The summed E-state index contributed by atoms with van der Waals surface area (Å²) in [6, 6.07) is 8.60. The molecule has 0 aliphatic carbocycles. The van der Waals surface area contributed by atoms with Crippen LogP contribution in [0.1, 0.15) is 31.7 Å². The van der Waals surface area contributed by atoms with E-state index in [2.05, 4.69) is 19.1 Å². The normalized spacial score (nSPS) is 12.5. The molecule has 2 N–H and O–H groups in total. The van der Waals surface area contributed by atoms with Crippen molar-refractivity contribution in [3.05, 3.63) is 29.8 Å². The third kappa shape index (κ3) is 4.34. The summed E-state index contributed by atoms with van der Waals surface area (Å²) in [5, 5.41) is 0. The maximum atomic E-state index is 5.87. The Morgan fingerprint density at radius 1 is 1.40 bits per heavy atom.